The SMILES string of the molecule is CCC(C(N)=NO)N1CCN(C(=O)C2CCOCC2)CC1. The molecule has 0 aromatic rings. The second-order valence-corrected chi connectivity index (χ2v) is 5.70. The van der Waals surface area contributed by atoms with E-state index in [0.29, 0.717) is 26.3 Å². The molecule has 0 bridgehead atoms. The summed E-state index contributed by atoms with van der Waals surface area (Å²) < 4.78 is 5.31. The molecule has 3 N–H and O–H groups in total. The van der Waals surface area contributed by atoms with Crippen molar-refractivity contribution in [3.63, 3.8) is 0 Å². The number of amides is 1. The van der Waals surface area contributed by atoms with Gasteiger partial charge < -0.3 is 20.6 Å². The van der Waals surface area contributed by atoms with Gasteiger partial charge in [0.2, 0.25) is 5.91 Å². The summed E-state index contributed by atoms with van der Waals surface area (Å²) in [4.78, 5) is 16.6. The molecule has 1 unspecified atom stereocenters. The highest BCUT2D eigenvalue weighted by molar-refractivity contribution is 5.85. The van der Waals surface area contributed by atoms with E-state index in [0.717, 1.165) is 32.4 Å². The molecule has 2 aliphatic rings. The molecule has 0 spiro atoms. The van der Waals surface area contributed by atoms with Crippen molar-refractivity contribution in [2.24, 2.45) is 16.8 Å². The van der Waals surface area contributed by atoms with E-state index in [1.54, 1.807) is 0 Å². The van der Waals surface area contributed by atoms with Gasteiger partial charge in [-0.2, -0.15) is 0 Å². The van der Waals surface area contributed by atoms with Gasteiger partial charge in [0.1, 0.15) is 0 Å². The van der Waals surface area contributed by atoms with Crippen LogP contribution in [0.4, 0.5) is 0 Å². The largest absolute Gasteiger partial charge is 0.409 e. The number of carbonyl (C=O) groups excluding carboxylic acids is 1. The van der Waals surface area contributed by atoms with Gasteiger partial charge in [-0.25, -0.2) is 0 Å². The van der Waals surface area contributed by atoms with Crippen LogP contribution in [0.5, 0.6) is 0 Å². The van der Waals surface area contributed by atoms with E-state index in [1.165, 1.54) is 0 Å². The summed E-state index contributed by atoms with van der Waals surface area (Å²) in [6, 6.07) is -0.0460. The van der Waals surface area contributed by atoms with Crippen molar-refractivity contribution in [2.45, 2.75) is 32.2 Å². The van der Waals surface area contributed by atoms with E-state index in [9.17, 15) is 4.79 Å². The van der Waals surface area contributed by atoms with Crippen LogP contribution in [0.15, 0.2) is 5.16 Å². The maximum atomic E-state index is 12.5. The molecular weight excluding hydrogens is 272 g/mol. The first-order valence-corrected chi connectivity index (χ1v) is 7.75. The Kier molecular flexibility index (Phi) is 5.81. The lowest BCUT2D eigenvalue weighted by Crippen LogP contribution is -2.56. The van der Waals surface area contributed by atoms with Gasteiger partial charge >= 0.3 is 0 Å². The second kappa shape index (κ2) is 7.61. The lowest BCUT2D eigenvalue weighted by Gasteiger charge is -2.40. The van der Waals surface area contributed by atoms with Crippen LogP contribution in [0, 0.1) is 5.92 Å². The normalized spacial score (nSPS) is 24.0. The first kappa shape index (κ1) is 16.0. The Morgan fingerprint density at radius 3 is 2.48 bits per heavy atom. The average molecular weight is 298 g/mol. The zero-order valence-electron chi connectivity index (χ0n) is 12.7. The quantitative estimate of drug-likeness (QED) is 0.332. The van der Waals surface area contributed by atoms with E-state index in [4.69, 9.17) is 15.7 Å². The summed E-state index contributed by atoms with van der Waals surface area (Å²) >= 11 is 0. The van der Waals surface area contributed by atoms with E-state index < -0.39 is 0 Å². The first-order chi connectivity index (χ1) is 10.2. The van der Waals surface area contributed by atoms with Gasteiger partial charge in [-0.05, 0) is 19.3 Å². The van der Waals surface area contributed by atoms with Crippen molar-refractivity contribution in [1.29, 1.82) is 0 Å². The fourth-order valence-corrected chi connectivity index (χ4v) is 3.18. The summed E-state index contributed by atoms with van der Waals surface area (Å²) in [5, 5.41) is 12.0. The Morgan fingerprint density at radius 2 is 1.95 bits per heavy atom. The highest BCUT2D eigenvalue weighted by Crippen LogP contribution is 2.19. The zero-order chi connectivity index (χ0) is 15.2. The highest BCUT2D eigenvalue weighted by Gasteiger charge is 2.31. The Morgan fingerprint density at radius 1 is 1.33 bits per heavy atom. The molecule has 120 valence electrons. The molecule has 0 saturated carbocycles. The smallest absolute Gasteiger partial charge is 0.225 e. The van der Waals surface area contributed by atoms with Crippen LogP contribution in [0.2, 0.25) is 0 Å². The van der Waals surface area contributed by atoms with Gasteiger partial charge in [0.25, 0.3) is 0 Å². The topological polar surface area (TPSA) is 91.4 Å². The Balaban J connectivity index is 1.86. The summed E-state index contributed by atoms with van der Waals surface area (Å²) in [6.07, 6.45) is 2.46. The summed E-state index contributed by atoms with van der Waals surface area (Å²) in [5.74, 6) is 0.632. The minimum absolute atomic E-state index is 0.0460. The van der Waals surface area contributed by atoms with E-state index >= 15 is 0 Å². The number of nitrogens with two attached hydrogens (primary N) is 1. The molecule has 0 aromatic heterocycles. The molecule has 1 amide bonds. The molecule has 7 heteroatoms. The third kappa shape index (κ3) is 3.85. The molecule has 0 aliphatic carbocycles. The molecular formula is C14H26N4O3. The lowest BCUT2D eigenvalue weighted by molar-refractivity contribution is -0.140. The van der Waals surface area contributed by atoms with Crippen LogP contribution < -0.4 is 5.73 Å². The van der Waals surface area contributed by atoms with Gasteiger partial charge in [-0.1, -0.05) is 12.1 Å². The number of hydrogen-bond acceptors (Lipinski definition) is 5. The third-order valence-corrected chi connectivity index (χ3v) is 4.48. The Labute approximate surface area is 125 Å². The van der Waals surface area contributed by atoms with E-state index in [2.05, 4.69) is 10.1 Å². The number of oxime groups is 1. The maximum absolute atomic E-state index is 12.5. The lowest BCUT2D eigenvalue weighted by atomic mass is 9.98. The predicted octanol–water partition coefficient (Wildman–Crippen LogP) is 0.0822. The second-order valence-electron chi connectivity index (χ2n) is 5.70. The molecule has 1 atom stereocenters. The number of ether oxygens (including phenoxy) is 1. The zero-order valence-corrected chi connectivity index (χ0v) is 12.7. The summed E-state index contributed by atoms with van der Waals surface area (Å²) in [7, 11) is 0. The van der Waals surface area contributed by atoms with Crippen LogP contribution in [0.1, 0.15) is 26.2 Å². The number of rotatable bonds is 4. The average Bonchev–Trinajstić information content (AvgIpc) is 2.56. The van der Waals surface area contributed by atoms with Gasteiger partial charge in [-0.3, -0.25) is 9.69 Å². The Bertz CT molecular complexity index is 374. The first-order valence-electron chi connectivity index (χ1n) is 7.75. The van der Waals surface area contributed by atoms with Crippen LogP contribution in [0.3, 0.4) is 0 Å². The van der Waals surface area contributed by atoms with Gasteiger partial charge in [0.15, 0.2) is 5.84 Å². The predicted molar refractivity (Wildman–Crippen MR) is 79.2 cm³/mol. The number of hydrogen-bond donors (Lipinski definition) is 2. The van der Waals surface area contributed by atoms with Crippen molar-refractivity contribution in [3.8, 4) is 0 Å². The Hall–Kier alpha value is -1.34. The molecule has 2 fully saturated rings. The van der Waals surface area contributed by atoms with E-state index in [-0.39, 0.29) is 23.7 Å². The monoisotopic (exact) mass is 298 g/mol. The summed E-state index contributed by atoms with van der Waals surface area (Å²) in [6.45, 7) is 6.36. The van der Waals surface area contributed by atoms with Crippen LogP contribution in [0.25, 0.3) is 0 Å². The highest BCUT2D eigenvalue weighted by atomic mass is 16.5. The molecule has 2 saturated heterocycles. The van der Waals surface area contributed by atoms with Gasteiger partial charge in [0, 0.05) is 45.3 Å². The minimum atomic E-state index is -0.0460. The number of nitrogens with zero attached hydrogens (tertiary/aromatic N) is 3. The molecule has 0 aromatic carbocycles. The van der Waals surface area contributed by atoms with Gasteiger partial charge in [-0.15, -0.1) is 0 Å². The van der Waals surface area contributed by atoms with E-state index in [1.807, 2.05) is 11.8 Å². The molecule has 0 radical (unpaired) electrons. The third-order valence-electron chi connectivity index (χ3n) is 4.48. The summed E-state index contributed by atoms with van der Waals surface area (Å²) in [5.41, 5.74) is 5.73. The molecule has 2 rings (SSSR count). The van der Waals surface area contributed by atoms with Crippen LogP contribution in [-0.2, 0) is 9.53 Å². The van der Waals surface area contributed by atoms with Crippen molar-refractivity contribution in [1.82, 2.24) is 9.80 Å². The molecule has 2 heterocycles. The van der Waals surface area contributed by atoms with Crippen molar-refractivity contribution >= 4 is 11.7 Å². The number of carbonyl (C=O) groups is 1. The minimum Gasteiger partial charge on any atom is -0.409 e. The molecule has 21 heavy (non-hydrogen) atoms. The van der Waals surface area contributed by atoms with Gasteiger partial charge in [0.05, 0.1) is 6.04 Å². The molecule has 2 aliphatic heterocycles. The van der Waals surface area contributed by atoms with Crippen molar-refractivity contribution in [3.05, 3.63) is 0 Å². The van der Waals surface area contributed by atoms with Crippen LogP contribution in [-0.4, -0.2) is 72.2 Å². The molecule has 7 nitrogen and oxygen atoms in total. The maximum Gasteiger partial charge on any atom is 0.225 e. The standard InChI is InChI=1S/C14H26N4O3/c1-2-12(13(15)16-20)17-5-7-18(8-6-17)14(19)11-3-9-21-10-4-11/h11-12,20H,2-10H2,1H3,(H2,15,16). The van der Waals surface area contributed by atoms with Crippen LogP contribution >= 0.6 is 0 Å². The van der Waals surface area contributed by atoms with Crippen molar-refractivity contribution in [2.75, 3.05) is 39.4 Å². The number of amidine groups is 1. The number of piperazine rings is 1. The fourth-order valence-electron chi connectivity index (χ4n) is 3.18. The van der Waals surface area contributed by atoms with Crippen molar-refractivity contribution < 1.29 is 14.7 Å². The fraction of sp³-hybridized carbons (Fsp3) is 0.857.